The number of hydrogen-bond donors (Lipinski definition) is 1. The molecule has 2 heterocycles. The van der Waals surface area contributed by atoms with Crippen molar-refractivity contribution >= 4 is 17.3 Å². The van der Waals surface area contributed by atoms with Gasteiger partial charge < -0.3 is 5.32 Å². The Kier molecular flexibility index (Phi) is 4.08. The molecular weight excluding hydrogens is 346 g/mol. The van der Waals surface area contributed by atoms with E-state index in [1.165, 1.54) is 22.3 Å². The van der Waals surface area contributed by atoms with E-state index in [1.807, 2.05) is 4.52 Å². The fourth-order valence-electron chi connectivity index (χ4n) is 3.87. The summed E-state index contributed by atoms with van der Waals surface area (Å²) >= 11 is 0. The second kappa shape index (κ2) is 6.75. The number of fused-ring (bicyclic) bond motifs is 2. The van der Waals surface area contributed by atoms with Crippen LogP contribution in [0.3, 0.4) is 0 Å². The average Bonchev–Trinajstić information content (AvgIpc) is 3.30. The SMILES string of the molecule is Cc1ccc(Cc2nc3nc4c(c(Nc5cccc(C)c5)n3n2)CCC4)cc1. The van der Waals surface area contributed by atoms with E-state index in [9.17, 15) is 0 Å². The first kappa shape index (κ1) is 16.9. The van der Waals surface area contributed by atoms with E-state index in [0.717, 1.165) is 42.3 Å². The number of aromatic nitrogens is 4. The van der Waals surface area contributed by atoms with Crippen LogP contribution in [0, 0.1) is 13.8 Å². The highest BCUT2D eigenvalue weighted by molar-refractivity contribution is 5.64. The van der Waals surface area contributed by atoms with Gasteiger partial charge in [-0.25, -0.2) is 4.98 Å². The molecule has 0 aliphatic heterocycles. The quantitative estimate of drug-likeness (QED) is 0.573. The minimum absolute atomic E-state index is 0.679. The lowest BCUT2D eigenvalue weighted by Gasteiger charge is -2.12. The number of nitrogens with one attached hydrogen (secondary N) is 1. The number of hydrogen-bond acceptors (Lipinski definition) is 4. The topological polar surface area (TPSA) is 55.1 Å². The summed E-state index contributed by atoms with van der Waals surface area (Å²) in [5.41, 5.74) is 7.18. The van der Waals surface area contributed by atoms with Crippen LogP contribution in [0.15, 0.2) is 48.5 Å². The van der Waals surface area contributed by atoms with Gasteiger partial charge in [-0.1, -0.05) is 42.0 Å². The number of nitrogens with zero attached hydrogens (tertiary/aromatic N) is 4. The molecule has 1 aliphatic carbocycles. The lowest BCUT2D eigenvalue weighted by Crippen LogP contribution is -2.07. The van der Waals surface area contributed by atoms with Crippen LogP contribution in [0.4, 0.5) is 11.5 Å². The van der Waals surface area contributed by atoms with Crippen molar-refractivity contribution in [2.75, 3.05) is 5.32 Å². The second-order valence-electron chi connectivity index (χ2n) is 7.64. The van der Waals surface area contributed by atoms with Crippen LogP contribution >= 0.6 is 0 Å². The Morgan fingerprint density at radius 3 is 2.64 bits per heavy atom. The van der Waals surface area contributed by atoms with Crippen molar-refractivity contribution < 1.29 is 0 Å². The molecule has 0 bridgehead atoms. The third-order valence-corrected chi connectivity index (χ3v) is 5.32. The zero-order valence-electron chi connectivity index (χ0n) is 16.2. The van der Waals surface area contributed by atoms with Gasteiger partial charge in [0.2, 0.25) is 0 Å². The van der Waals surface area contributed by atoms with Crippen molar-refractivity contribution in [2.45, 2.75) is 39.5 Å². The van der Waals surface area contributed by atoms with Gasteiger partial charge in [0.05, 0.1) is 5.69 Å². The molecule has 140 valence electrons. The van der Waals surface area contributed by atoms with E-state index < -0.39 is 0 Å². The van der Waals surface area contributed by atoms with Crippen molar-refractivity contribution in [2.24, 2.45) is 0 Å². The number of aryl methyl sites for hydroxylation is 3. The first-order chi connectivity index (χ1) is 13.7. The predicted octanol–water partition coefficient (Wildman–Crippen LogP) is 4.56. The van der Waals surface area contributed by atoms with Crippen LogP contribution in [0.25, 0.3) is 5.78 Å². The minimum atomic E-state index is 0.679. The van der Waals surface area contributed by atoms with Gasteiger partial charge >= 0.3 is 0 Å². The predicted molar refractivity (Wildman–Crippen MR) is 111 cm³/mol. The normalized spacial score (nSPS) is 13.1. The third kappa shape index (κ3) is 3.13. The Hall–Kier alpha value is -3.21. The summed E-state index contributed by atoms with van der Waals surface area (Å²) in [4.78, 5) is 9.53. The molecule has 2 aromatic carbocycles. The van der Waals surface area contributed by atoms with Gasteiger partial charge in [0.15, 0.2) is 5.82 Å². The lowest BCUT2D eigenvalue weighted by atomic mass is 10.1. The number of rotatable bonds is 4. The Labute approximate surface area is 164 Å². The molecule has 5 heteroatoms. The highest BCUT2D eigenvalue weighted by Crippen LogP contribution is 2.30. The zero-order chi connectivity index (χ0) is 19.1. The molecular formula is C23H23N5. The Balaban J connectivity index is 1.57. The molecule has 0 fully saturated rings. The first-order valence-electron chi connectivity index (χ1n) is 9.82. The van der Waals surface area contributed by atoms with Gasteiger partial charge in [0.1, 0.15) is 5.82 Å². The minimum Gasteiger partial charge on any atom is -0.340 e. The maximum Gasteiger partial charge on any atom is 0.254 e. The highest BCUT2D eigenvalue weighted by Gasteiger charge is 2.22. The van der Waals surface area contributed by atoms with Crippen LogP contribution in [0.2, 0.25) is 0 Å². The van der Waals surface area contributed by atoms with Gasteiger partial charge in [-0.15, -0.1) is 5.10 Å². The zero-order valence-corrected chi connectivity index (χ0v) is 16.2. The third-order valence-electron chi connectivity index (χ3n) is 5.32. The summed E-state index contributed by atoms with van der Waals surface area (Å²) in [5, 5.41) is 8.40. The Morgan fingerprint density at radius 1 is 0.964 bits per heavy atom. The van der Waals surface area contributed by atoms with Gasteiger partial charge in [0, 0.05) is 17.7 Å². The highest BCUT2D eigenvalue weighted by atomic mass is 15.4. The molecule has 0 saturated heterocycles. The smallest absolute Gasteiger partial charge is 0.254 e. The molecule has 1 aliphatic rings. The van der Waals surface area contributed by atoms with Crippen LogP contribution in [-0.4, -0.2) is 19.6 Å². The summed E-state index contributed by atoms with van der Waals surface area (Å²) in [6, 6.07) is 16.9. The first-order valence-corrected chi connectivity index (χ1v) is 9.82. The maximum atomic E-state index is 4.81. The van der Waals surface area contributed by atoms with Crippen molar-refractivity contribution in [3.8, 4) is 0 Å². The van der Waals surface area contributed by atoms with Crippen molar-refractivity contribution in [1.82, 2.24) is 19.6 Å². The number of anilines is 2. The lowest BCUT2D eigenvalue weighted by molar-refractivity contribution is 0.884. The van der Waals surface area contributed by atoms with Crippen LogP contribution in [0.1, 0.15) is 40.2 Å². The second-order valence-corrected chi connectivity index (χ2v) is 7.64. The van der Waals surface area contributed by atoms with Crippen LogP contribution in [0.5, 0.6) is 0 Å². The Morgan fingerprint density at radius 2 is 1.82 bits per heavy atom. The molecule has 4 aromatic rings. The molecule has 28 heavy (non-hydrogen) atoms. The van der Waals surface area contributed by atoms with Crippen LogP contribution in [-0.2, 0) is 19.3 Å². The molecule has 0 saturated carbocycles. The summed E-state index contributed by atoms with van der Waals surface area (Å²) in [6.07, 6.45) is 3.88. The molecule has 0 atom stereocenters. The van der Waals surface area contributed by atoms with Crippen molar-refractivity contribution in [3.63, 3.8) is 0 Å². The monoisotopic (exact) mass is 369 g/mol. The summed E-state index contributed by atoms with van der Waals surface area (Å²) in [5.74, 6) is 2.48. The molecule has 0 spiro atoms. The van der Waals surface area contributed by atoms with Crippen LogP contribution < -0.4 is 5.32 Å². The average molecular weight is 369 g/mol. The summed E-state index contributed by atoms with van der Waals surface area (Å²) < 4.78 is 1.88. The molecule has 0 radical (unpaired) electrons. The van der Waals surface area contributed by atoms with E-state index in [1.54, 1.807) is 0 Å². The summed E-state index contributed by atoms with van der Waals surface area (Å²) in [7, 11) is 0. The van der Waals surface area contributed by atoms with E-state index in [4.69, 9.17) is 15.1 Å². The van der Waals surface area contributed by atoms with Gasteiger partial charge in [-0.3, -0.25) is 0 Å². The largest absolute Gasteiger partial charge is 0.340 e. The standard InChI is InChI=1S/C23H23N5/c1-15-9-11-17(12-10-15)14-21-26-23-25-20-8-4-7-19(20)22(28(23)27-21)24-18-6-3-5-16(2)13-18/h3,5-6,9-13,24H,4,7-8,14H2,1-2H3. The van der Waals surface area contributed by atoms with E-state index in [0.29, 0.717) is 12.2 Å². The van der Waals surface area contributed by atoms with Gasteiger partial charge in [-0.05, 0) is 56.4 Å². The number of benzene rings is 2. The molecule has 1 N–H and O–H groups in total. The fourth-order valence-corrected chi connectivity index (χ4v) is 3.87. The molecule has 5 rings (SSSR count). The maximum absolute atomic E-state index is 4.81. The van der Waals surface area contributed by atoms with E-state index in [-0.39, 0.29) is 0 Å². The molecule has 0 unspecified atom stereocenters. The molecule has 5 nitrogen and oxygen atoms in total. The Bertz CT molecular complexity index is 1160. The van der Waals surface area contributed by atoms with E-state index >= 15 is 0 Å². The fraction of sp³-hybridized carbons (Fsp3) is 0.261. The van der Waals surface area contributed by atoms with E-state index in [2.05, 4.69) is 67.7 Å². The van der Waals surface area contributed by atoms with Gasteiger partial charge in [0.25, 0.3) is 5.78 Å². The summed E-state index contributed by atoms with van der Waals surface area (Å²) in [6.45, 7) is 4.20. The van der Waals surface area contributed by atoms with Crippen molar-refractivity contribution in [1.29, 1.82) is 0 Å². The molecule has 0 amide bonds. The molecule has 2 aromatic heterocycles. The van der Waals surface area contributed by atoms with Gasteiger partial charge in [-0.2, -0.15) is 9.50 Å². The van der Waals surface area contributed by atoms with Crippen molar-refractivity contribution in [3.05, 3.63) is 82.3 Å².